The van der Waals surface area contributed by atoms with Gasteiger partial charge in [-0.15, -0.1) is 0 Å². The van der Waals surface area contributed by atoms with Gasteiger partial charge in [-0.1, -0.05) is 24.3 Å². The predicted octanol–water partition coefficient (Wildman–Crippen LogP) is 2.49. The molecule has 5 heteroatoms. The third-order valence-electron chi connectivity index (χ3n) is 3.39. The summed E-state index contributed by atoms with van der Waals surface area (Å²) in [5.41, 5.74) is 2.57. The minimum absolute atomic E-state index is 0.148. The second kappa shape index (κ2) is 4.47. The van der Waals surface area contributed by atoms with E-state index in [1.54, 1.807) is 18.2 Å². The number of nitrogens with two attached hydrogens (primary N) is 1. The summed E-state index contributed by atoms with van der Waals surface area (Å²) in [6, 6.07) is 14.6. The van der Waals surface area contributed by atoms with Crippen LogP contribution in [-0.2, 0) is 17.1 Å². The first-order valence-corrected chi connectivity index (χ1v) is 7.69. The van der Waals surface area contributed by atoms with Crippen molar-refractivity contribution in [2.75, 3.05) is 0 Å². The molecule has 3 rings (SSSR count). The minimum atomic E-state index is -3.73. The summed E-state index contributed by atoms with van der Waals surface area (Å²) < 4.78 is 25.4. The first-order chi connectivity index (χ1) is 9.47. The molecule has 0 saturated heterocycles. The van der Waals surface area contributed by atoms with E-state index in [0.717, 1.165) is 16.5 Å². The molecule has 3 aromatic rings. The summed E-state index contributed by atoms with van der Waals surface area (Å²) in [5.74, 6) is 0. The Morgan fingerprint density at radius 2 is 1.80 bits per heavy atom. The lowest BCUT2D eigenvalue weighted by Gasteiger charge is -2.08. The van der Waals surface area contributed by atoms with E-state index in [1.165, 1.54) is 6.07 Å². The number of aryl methyl sites for hydroxylation is 1. The fourth-order valence-corrected chi connectivity index (χ4v) is 3.16. The van der Waals surface area contributed by atoms with Gasteiger partial charge in [0.1, 0.15) is 0 Å². The normalized spacial score (nSPS) is 11.9. The van der Waals surface area contributed by atoms with Crippen LogP contribution in [0.4, 0.5) is 0 Å². The molecule has 0 radical (unpaired) electrons. The standard InChI is InChI=1S/C15H14N2O2S/c1-17-9-8-12-10-11(6-7-14(12)17)13-4-2-3-5-15(13)20(16,18)19/h2-10H,1H3,(H2,16,18,19). The average molecular weight is 286 g/mol. The van der Waals surface area contributed by atoms with Crippen molar-refractivity contribution in [2.45, 2.75) is 4.90 Å². The smallest absolute Gasteiger partial charge is 0.238 e. The maximum absolute atomic E-state index is 11.7. The summed E-state index contributed by atoms with van der Waals surface area (Å²) in [6.45, 7) is 0. The summed E-state index contributed by atoms with van der Waals surface area (Å²) in [4.78, 5) is 0.148. The summed E-state index contributed by atoms with van der Waals surface area (Å²) in [5, 5.41) is 6.34. The molecule has 0 aliphatic heterocycles. The van der Waals surface area contributed by atoms with Gasteiger partial charge in [0.2, 0.25) is 10.0 Å². The predicted molar refractivity (Wildman–Crippen MR) is 79.7 cm³/mol. The molecule has 4 nitrogen and oxygen atoms in total. The lowest BCUT2D eigenvalue weighted by Crippen LogP contribution is -2.13. The lowest BCUT2D eigenvalue weighted by molar-refractivity contribution is 0.598. The molecule has 0 aliphatic carbocycles. The number of primary sulfonamides is 1. The van der Waals surface area contributed by atoms with Gasteiger partial charge in [0.25, 0.3) is 0 Å². The molecule has 0 spiro atoms. The molecule has 0 amide bonds. The van der Waals surface area contributed by atoms with Crippen molar-refractivity contribution in [2.24, 2.45) is 12.2 Å². The third kappa shape index (κ3) is 2.11. The zero-order valence-electron chi connectivity index (χ0n) is 10.9. The average Bonchev–Trinajstić information content (AvgIpc) is 2.79. The number of fused-ring (bicyclic) bond motifs is 1. The highest BCUT2D eigenvalue weighted by Crippen LogP contribution is 2.29. The van der Waals surface area contributed by atoms with E-state index in [0.29, 0.717) is 5.56 Å². The van der Waals surface area contributed by atoms with Crippen LogP contribution in [0, 0.1) is 0 Å². The van der Waals surface area contributed by atoms with Crippen LogP contribution in [0.3, 0.4) is 0 Å². The fourth-order valence-electron chi connectivity index (χ4n) is 2.40. The molecule has 0 fully saturated rings. The van der Waals surface area contributed by atoms with Crippen molar-refractivity contribution in [1.82, 2.24) is 4.57 Å². The molecule has 2 aromatic carbocycles. The van der Waals surface area contributed by atoms with Gasteiger partial charge in [-0.2, -0.15) is 0 Å². The topological polar surface area (TPSA) is 65.1 Å². The Hall–Kier alpha value is -2.11. The molecule has 1 heterocycles. The van der Waals surface area contributed by atoms with Gasteiger partial charge in [-0.05, 0) is 29.8 Å². The number of hydrogen-bond acceptors (Lipinski definition) is 2. The Bertz CT molecular complexity index is 895. The third-order valence-corrected chi connectivity index (χ3v) is 4.36. The summed E-state index contributed by atoms with van der Waals surface area (Å²) in [7, 11) is -1.76. The number of hydrogen-bond donors (Lipinski definition) is 1. The number of nitrogens with zero attached hydrogens (tertiary/aromatic N) is 1. The summed E-state index contributed by atoms with van der Waals surface area (Å²) in [6.07, 6.45) is 1.97. The quantitative estimate of drug-likeness (QED) is 0.786. The van der Waals surface area contributed by atoms with Crippen molar-refractivity contribution in [1.29, 1.82) is 0 Å². The van der Waals surface area contributed by atoms with E-state index >= 15 is 0 Å². The molecule has 0 unspecified atom stereocenters. The van der Waals surface area contributed by atoms with Gasteiger partial charge in [-0.3, -0.25) is 0 Å². The van der Waals surface area contributed by atoms with Gasteiger partial charge >= 0.3 is 0 Å². The number of rotatable bonds is 2. The van der Waals surface area contributed by atoms with Crippen LogP contribution in [0.2, 0.25) is 0 Å². The van der Waals surface area contributed by atoms with Gasteiger partial charge in [0.05, 0.1) is 4.90 Å². The van der Waals surface area contributed by atoms with Crippen LogP contribution in [-0.4, -0.2) is 13.0 Å². The zero-order chi connectivity index (χ0) is 14.3. The fraction of sp³-hybridized carbons (Fsp3) is 0.0667. The lowest BCUT2D eigenvalue weighted by atomic mass is 10.0. The molecule has 0 aliphatic rings. The van der Waals surface area contributed by atoms with E-state index in [1.807, 2.05) is 42.1 Å². The molecule has 102 valence electrons. The highest BCUT2D eigenvalue weighted by atomic mass is 32.2. The van der Waals surface area contributed by atoms with Crippen LogP contribution in [0.5, 0.6) is 0 Å². The Kier molecular flexibility index (Phi) is 2.88. The number of sulfonamides is 1. The molecule has 0 saturated carbocycles. The Labute approximate surface area is 117 Å². The molecular weight excluding hydrogens is 272 g/mol. The second-order valence-electron chi connectivity index (χ2n) is 4.74. The van der Waals surface area contributed by atoms with Gasteiger partial charge in [-0.25, -0.2) is 13.6 Å². The highest BCUT2D eigenvalue weighted by molar-refractivity contribution is 7.89. The molecule has 20 heavy (non-hydrogen) atoms. The van der Waals surface area contributed by atoms with E-state index in [-0.39, 0.29) is 4.90 Å². The number of benzene rings is 2. The molecule has 0 bridgehead atoms. The molecule has 0 atom stereocenters. The first-order valence-electron chi connectivity index (χ1n) is 6.14. The Morgan fingerprint density at radius 1 is 1.05 bits per heavy atom. The Morgan fingerprint density at radius 3 is 2.55 bits per heavy atom. The minimum Gasteiger partial charge on any atom is -0.351 e. The van der Waals surface area contributed by atoms with Crippen molar-refractivity contribution in [3.63, 3.8) is 0 Å². The van der Waals surface area contributed by atoms with Crippen LogP contribution in [0.15, 0.2) is 59.6 Å². The maximum Gasteiger partial charge on any atom is 0.238 e. The monoisotopic (exact) mass is 286 g/mol. The Balaban J connectivity index is 2.26. The largest absolute Gasteiger partial charge is 0.351 e. The van der Waals surface area contributed by atoms with Crippen molar-refractivity contribution < 1.29 is 8.42 Å². The molecule has 2 N–H and O–H groups in total. The van der Waals surface area contributed by atoms with E-state index in [9.17, 15) is 8.42 Å². The summed E-state index contributed by atoms with van der Waals surface area (Å²) >= 11 is 0. The van der Waals surface area contributed by atoms with Gasteiger partial charge in [0, 0.05) is 29.7 Å². The van der Waals surface area contributed by atoms with Crippen molar-refractivity contribution >= 4 is 20.9 Å². The first kappa shape index (κ1) is 12.9. The highest BCUT2D eigenvalue weighted by Gasteiger charge is 2.14. The van der Waals surface area contributed by atoms with Crippen molar-refractivity contribution in [3.05, 3.63) is 54.7 Å². The van der Waals surface area contributed by atoms with E-state index in [2.05, 4.69) is 0 Å². The van der Waals surface area contributed by atoms with Crippen LogP contribution < -0.4 is 5.14 Å². The van der Waals surface area contributed by atoms with Crippen LogP contribution in [0.1, 0.15) is 0 Å². The maximum atomic E-state index is 11.7. The zero-order valence-corrected chi connectivity index (χ0v) is 11.8. The second-order valence-corrected chi connectivity index (χ2v) is 6.27. The van der Waals surface area contributed by atoms with Crippen molar-refractivity contribution in [3.8, 4) is 11.1 Å². The van der Waals surface area contributed by atoms with Crippen LogP contribution in [0.25, 0.3) is 22.0 Å². The van der Waals surface area contributed by atoms with Gasteiger partial charge in [0.15, 0.2) is 0 Å². The molecular formula is C15H14N2O2S. The van der Waals surface area contributed by atoms with E-state index in [4.69, 9.17) is 5.14 Å². The molecule has 1 aromatic heterocycles. The number of aromatic nitrogens is 1. The SMILES string of the molecule is Cn1ccc2cc(-c3ccccc3S(N)(=O)=O)ccc21. The van der Waals surface area contributed by atoms with Gasteiger partial charge < -0.3 is 4.57 Å². The van der Waals surface area contributed by atoms with E-state index < -0.39 is 10.0 Å². The van der Waals surface area contributed by atoms with Crippen LogP contribution >= 0.6 is 0 Å².